The third-order valence-electron chi connectivity index (χ3n) is 10.0. The number of benzene rings is 2. The van der Waals surface area contributed by atoms with E-state index in [0.717, 1.165) is 48.1 Å². The first-order valence-electron chi connectivity index (χ1n) is 17.0. The van der Waals surface area contributed by atoms with Crippen molar-refractivity contribution in [3.8, 4) is 16.9 Å². The fraction of sp³-hybridized carbons (Fsp3) is 0.316. The Morgan fingerprint density at radius 3 is 2.62 bits per heavy atom. The number of nitrogens with zero attached hydrogens (tertiary/aromatic N) is 6. The van der Waals surface area contributed by atoms with Gasteiger partial charge in [0.1, 0.15) is 11.4 Å². The van der Waals surface area contributed by atoms with Crippen LogP contribution in [0.2, 0.25) is 0 Å². The molecular weight excluding hydrogens is 632 g/mol. The number of anilines is 3. The number of hydrogen-bond donors (Lipinski definition) is 2. The summed E-state index contributed by atoms with van der Waals surface area (Å²) in [4.78, 5) is 51.7. The molecule has 50 heavy (non-hydrogen) atoms. The maximum Gasteiger partial charge on any atom is 0.272 e. The Labute approximate surface area is 289 Å². The molecule has 0 bridgehead atoms. The smallest absolute Gasteiger partial charge is 0.272 e. The van der Waals surface area contributed by atoms with Gasteiger partial charge in [-0.25, -0.2) is 14.5 Å². The molecule has 1 spiro atoms. The van der Waals surface area contributed by atoms with Crippen LogP contribution in [0, 0.1) is 5.92 Å². The highest BCUT2D eigenvalue weighted by Gasteiger charge is 2.51. The second-order valence-electron chi connectivity index (χ2n) is 13.4. The Bertz CT molecular complexity index is 2170. The number of ether oxygens (including phenoxy) is 1. The lowest BCUT2D eigenvalue weighted by Crippen LogP contribution is -2.43. The molecule has 0 unspecified atom stereocenters. The molecule has 12 heteroatoms. The van der Waals surface area contributed by atoms with Crippen LogP contribution in [0.25, 0.3) is 16.8 Å². The highest BCUT2D eigenvalue weighted by Crippen LogP contribution is 2.53. The normalized spacial score (nSPS) is 15.9. The van der Waals surface area contributed by atoms with Gasteiger partial charge in [0.15, 0.2) is 11.5 Å². The monoisotopic (exact) mass is 670 g/mol. The fourth-order valence-electron chi connectivity index (χ4n) is 6.83. The first-order valence-corrected chi connectivity index (χ1v) is 17.0. The number of amides is 3. The Hall–Kier alpha value is -5.78. The van der Waals surface area contributed by atoms with E-state index < -0.39 is 0 Å². The zero-order valence-electron chi connectivity index (χ0n) is 28.3. The van der Waals surface area contributed by atoms with Crippen LogP contribution in [-0.4, -0.2) is 74.4 Å². The van der Waals surface area contributed by atoms with Crippen LogP contribution >= 0.6 is 0 Å². The van der Waals surface area contributed by atoms with Gasteiger partial charge in [-0.3, -0.25) is 14.4 Å². The molecule has 12 nitrogen and oxygen atoms in total. The zero-order valence-corrected chi connectivity index (χ0v) is 28.3. The highest BCUT2D eigenvalue weighted by atomic mass is 16.5. The number of imidazole rings is 1. The summed E-state index contributed by atoms with van der Waals surface area (Å²) in [7, 11) is 3.39. The lowest BCUT2D eigenvalue weighted by Gasteiger charge is -2.35. The number of hydrogen-bond acceptors (Lipinski definition) is 8. The van der Waals surface area contributed by atoms with Gasteiger partial charge >= 0.3 is 0 Å². The molecule has 254 valence electrons. The molecule has 3 aromatic heterocycles. The summed E-state index contributed by atoms with van der Waals surface area (Å²) in [6, 6.07) is 19.2. The average Bonchev–Trinajstić information content (AvgIpc) is 4.07. The van der Waals surface area contributed by atoms with Gasteiger partial charge in [-0.15, -0.1) is 5.10 Å². The van der Waals surface area contributed by atoms with Crippen LogP contribution in [0.15, 0.2) is 73.1 Å². The van der Waals surface area contributed by atoms with E-state index in [0.29, 0.717) is 59.5 Å². The summed E-state index contributed by atoms with van der Waals surface area (Å²) in [5, 5.41) is 10.9. The number of pyridine rings is 1. The fourth-order valence-corrected chi connectivity index (χ4v) is 6.83. The maximum absolute atomic E-state index is 13.9. The molecule has 4 heterocycles. The van der Waals surface area contributed by atoms with E-state index in [9.17, 15) is 14.4 Å². The third-order valence-corrected chi connectivity index (χ3v) is 10.0. The Balaban J connectivity index is 1.08. The number of rotatable bonds is 10. The average molecular weight is 671 g/mol. The summed E-state index contributed by atoms with van der Waals surface area (Å²) >= 11 is 0. The van der Waals surface area contributed by atoms with Crippen molar-refractivity contribution in [1.82, 2.24) is 29.4 Å². The van der Waals surface area contributed by atoms with Gasteiger partial charge < -0.3 is 25.2 Å². The van der Waals surface area contributed by atoms with Crippen molar-refractivity contribution in [2.24, 2.45) is 5.92 Å². The quantitative estimate of drug-likeness (QED) is 0.194. The van der Waals surface area contributed by atoms with Crippen LogP contribution in [0.3, 0.4) is 0 Å². The lowest BCUT2D eigenvalue weighted by molar-refractivity contribution is -0.117. The van der Waals surface area contributed by atoms with Crippen molar-refractivity contribution in [2.45, 2.75) is 44.6 Å². The number of methoxy groups -OCH3 is 1. The van der Waals surface area contributed by atoms with Crippen LogP contribution in [0.1, 0.15) is 64.7 Å². The molecule has 0 saturated heterocycles. The van der Waals surface area contributed by atoms with Gasteiger partial charge in [-0.1, -0.05) is 24.3 Å². The minimum atomic E-state index is -0.136. The van der Waals surface area contributed by atoms with E-state index in [1.54, 1.807) is 48.1 Å². The number of aromatic nitrogens is 4. The molecule has 3 aliphatic rings. The molecular formula is C38H38N8O4. The number of carbonyl (C=O) groups excluding carboxylic acids is 3. The zero-order chi connectivity index (χ0) is 34.6. The van der Waals surface area contributed by atoms with Gasteiger partial charge in [0, 0.05) is 61.1 Å². The molecule has 2 aliphatic carbocycles. The van der Waals surface area contributed by atoms with E-state index in [2.05, 4.69) is 31.8 Å². The maximum atomic E-state index is 13.9. The minimum absolute atomic E-state index is 0.0252. The van der Waals surface area contributed by atoms with Crippen LogP contribution in [0.4, 0.5) is 17.2 Å². The Morgan fingerprint density at radius 1 is 1.04 bits per heavy atom. The third kappa shape index (κ3) is 5.70. The second kappa shape index (κ2) is 12.3. The molecule has 5 aromatic rings. The summed E-state index contributed by atoms with van der Waals surface area (Å²) in [6.45, 7) is 3.44. The van der Waals surface area contributed by atoms with Gasteiger partial charge in [-0.05, 0) is 74.1 Å². The van der Waals surface area contributed by atoms with Crippen molar-refractivity contribution in [3.63, 3.8) is 0 Å². The summed E-state index contributed by atoms with van der Waals surface area (Å²) in [5.41, 5.74) is 6.53. The molecule has 1 aliphatic heterocycles. The summed E-state index contributed by atoms with van der Waals surface area (Å²) in [5.74, 6) is 0.925. The molecule has 2 aromatic carbocycles. The van der Waals surface area contributed by atoms with Gasteiger partial charge in [-0.2, -0.15) is 0 Å². The Morgan fingerprint density at radius 2 is 1.86 bits per heavy atom. The second-order valence-corrected chi connectivity index (χ2v) is 13.4. The van der Waals surface area contributed by atoms with E-state index in [-0.39, 0.29) is 29.1 Å². The van der Waals surface area contributed by atoms with E-state index in [1.165, 1.54) is 0 Å². The van der Waals surface area contributed by atoms with E-state index in [4.69, 9.17) is 4.74 Å². The molecule has 0 atom stereocenters. The molecule has 8 rings (SSSR count). The van der Waals surface area contributed by atoms with Crippen molar-refractivity contribution < 1.29 is 19.1 Å². The Kier molecular flexibility index (Phi) is 7.73. The van der Waals surface area contributed by atoms with E-state index in [1.807, 2.05) is 54.3 Å². The molecule has 0 radical (unpaired) electrons. The van der Waals surface area contributed by atoms with Gasteiger partial charge in [0.25, 0.3) is 11.8 Å². The molecule has 2 saturated carbocycles. The number of para-hydroxylation sites is 1. The predicted octanol–water partition coefficient (Wildman–Crippen LogP) is 5.67. The van der Waals surface area contributed by atoms with Crippen molar-refractivity contribution in [3.05, 3.63) is 95.6 Å². The lowest BCUT2D eigenvalue weighted by atomic mass is 9.84. The first kappa shape index (κ1) is 31.5. The number of fused-ring (bicyclic) bond motifs is 3. The highest BCUT2D eigenvalue weighted by molar-refractivity contribution is 5.99. The summed E-state index contributed by atoms with van der Waals surface area (Å²) in [6.07, 6.45) is 7.18. The standard InChI is InChI=1S/C38H38N8O4/c1-4-44(2)37(49)30-10-5-7-25(40-30)21-45-22-38(15-16-38)28-19-24(13-14-27(28)36(45)48)26-8-6-9-29(33(26)50-3)41-31-20-32(42-35(47)23-11-12-23)43-46-18-17-39-34(31)46/h5-10,13-14,17-20,23,41H,4,11-12,15-16,21-22H2,1-3H3,(H,42,43,47). The molecule has 3 amide bonds. The van der Waals surface area contributed by atoms with Gasteiger partial charge in [0.05, 0.1) is 30.7 Å². The van der Waals surface area contributed by atoms with Gasteiger partial charge in [0.2, 0.25) is 5.91 Å². The number of carbonyl (C=O) groups is 3. The van der Waals surface area contributed by atoms with Crippen LogP contribution < -0.4 is 15.4 Å². The topological polar surface area (TPSA) is 134 Å². The van der Waals surface area contributed by atoms with Crippen LogP contribution in [-0.2, 0) is 16.8 Å². The predicted molar refractivity (Wildman–Crippen MR) is 189 cm³/mol. The van der Waals surface area contributed by atoms with Crippen molar-refractivity contribution in [2.75, 3.05) is 37.9 Å². The minimum Gasteiger partial charge on any atom is -0.494 e. The molecule has 2 fully saturated rings. The SMILES string of the molecule is CCN(C)C(=O)c1cccc(CN2CC3(CC3)c3cc(-c4cccc(Nc5cc(NC(=O)C6CC6)nn6ccnc56)c4OC)ccc3C2=O)n1. The molecule has 2 N–H and O–H groups in total. The van der Waals surface area contributed by atoms with Crippen molar-refractivity contribution >= 4 is 40.6 Å². The summed E-state index contributed by atoms with van der Waals surface area (Å²) < 4.78 is 7.65. The number of nitrogens with one attached hydrogen (secondary N) is 2. The van der Waals surface area contributed by atoms with E-state index >= 15 is 0 Å². The van der Waals surface area contributed by atoms with Crippen molar-refractivity contribution in [1.29, 1.82) is 0 Å². The largest absolute Gasteiger partial charge is 0.494 e. The van der Waals surface area contributed by atoms with Crippen LogP contribution in [0.5, 0.6) is 5.75 Å². The first-order chi connectivity index (χ1) is 24.3.